The molecule has 234 valence electrons. The molecule has 43 heavy (non-hydrogen) atoms. The predicted octanol–water partition coefficient (Wildman–Crippen LogP) is 6.34. The second-order valence-electron chi connectivity index (χ2n) is 14.1. The minimum atomic E-state index is -3.37. The number of carbonyl (C=O) groups excluding carboxylic acids is 2. The van der Waals surface area contributed by atoms with Gasteiger partial charge in [-0.15, -0.1) is 0 Å². The molecule has 1 spiro atoms. The van der Waals surface area contributed by atoms with Gasteiger partial charge in [-0.25, -0.2) is 17.5 Å². The summed E-state index contributed by atoms with van der Waals surface area (Å²) in [5.41, 5.74) is -0.604. The topological polar surface area (TPSA) is 104 Å². The number of amides is 1. The molecule has 1 aliphatic carbocycles. The van der Waals surface area contributed by atoms with Gasteiger partial charge in [-0.05, 0) is 79.7 Å². The van der Waals surface area contributed by atoms with Crippen LogP contribution in [0.4, 0.5) is 10.1 Å². The van der Waals surface area contributed by atoms with Crippen LogP contribution in [0.2, 0.25) is 10.0 Å². The molecular formula is C32H40Cl2FN3O4S. The molecule has 2 aromatic carbocycles. The number of sulfonamides is 1. The molecule has 0 bridgehead atoms. The minimum absolute atomic E-state index is 0.0368. The second-order valence-corrected chi connectivity index (χ2v) is 16.7. The Morgan fingerprint density at radius 2 is 1.81 bits per heavy atom. The van der Waals surface area contributed by atoms with Gasteiger partial charge in [-0.1, -0.05) is 62.2 Å². The number of rotatable bonds is 7. The van der Waals surface area contributed by atoms with Gasteiger partial charge in [0.2, 0.25) is 15.9 Å². The number of carbonyl (C=O) groups is 2. The van der Waals surface area contributed by atoms with Crippen LogP contribution in [0.25, 0.3) is 0 Å². The van der Waals surface area contributed by atoms with E-state index >= 15 is 4.39 Å². The lowest BCUT2D eigenvalue weighted by molar-refractivity contribution is -0.123. The second kappa shape index (κ2) is 11.4. The molecule has 2 aromatic rings. The molecule has 5 rings (SSSR count). The molecule has 0 aromatic heterocycles. The molecule has 1 saturated heterocycles. The van der Waals surface area contributed by atoms with E-state index in [4.69, 9.17) is 23.2 Å². The van der Waals surface area contributed by atoms with E-state index in [1.807, 2.05) is 13.0 Å². The zero-order valence-corrected chi connectivity index (χ0v) is 27.5. The van der Waals surface area contributed by atoms with Gasteiger partial charge in [-0.3, -0.25) is 9.59 Å². The fourth-order valence-corrected chi connectivity index (χ4v) is 9.14. The van der Waals surface area contributed by atoms with Crippen molar-refractivity contribution in [2.24, 2.45) is 11.3 Å². The van der Waals surface area contributed by atoms with Crippen molar-refractivity contribution < 1.29 is 22.4 Å². The van der Waals surface area contributed by atoms with Crippen LogP contribution in [0.1, 0.15) is 83.3 Å². The summed E-state index contributed by atoms with van der Waals surface area (Å²) in [6.07, 6.45) is 4.50. The van der Waals surface area contributed by atoms with Crippen molar-refractivity contribution in [3.05, 3.63) is 63.4 Å². The molecular weight excluding hydrogens is 612 g/mol. The third-order valence-electron chi connectivity index (χ3n) is 9.42. The summed E-state index contributed by atoms with van der Waals surface area (Å²) in [5.74, 6) is -1.87. The first kappa shape index (κ1) is 32.4. The van der Waals surface area contributed by atoms with Crippen LogP contribution < -0.4 is 15.4 Å². The Hall–Kier alpha value is -2.04. The number of benzene rings is 2. The largest absolute Gasteiger partial charge is 0.325 e. The maximum absolute atomic E-state index is 16.0. The van der Waals surface area contributed by atoms with Crippen LogP contribution in [0.3, 0.4) is 0 Å². The molecule has 3 aliphatic rings. The Morgan fingerprint density at radius 3 is 2.44 bits per heavy atom. The molecule has 0 unspecified atom stereocenters. The van der Waals surface area contributed by atoms with Crippen molar-refractivity contribution >= 4 is 50.6 Å². The fourth-order valence-electron chi connectivity index (χ4n) is 7.68. The minimum Gasteiger partial charge on any atom is -0.325 e. The third kappa shape index (κ3) is 6.25. The Labute approximate surface area is 263 Å². The van der Waals surface area contributed by atoms with Gasteiger partial charge in [0.1, 0.15) is 11.2 Å². The van der Waals surface area contributed by atoms with Gasteiger partial charge in [-0.2, -0.15) is 0 Å². The van der Waals surface area contributed by atoms with Crippen molar-refractivity contribution in [2.45, 2.75) is 95.2 Å². The van der Waals surface area contributed by atoms with Crippen LogP contribution in [-0.2, 0) is 25.0 Å². The number of halogens is 3. The third-order valence-corrected chi connectivity index (χ3v) is 10.8. The monoisotopic (exact) mass is 651 g/mol. The standard InChI is InChI=1S/C32H40Cl2FN3O4S/c1-30(2,3)17-25-32(21-10-9-19(33)16-23(21)36-29(32)40)26(20-7-6-8-22(34)27(20)35)28(37-25)24(39)15-18-11-13-31(4,14-12-18)38-43(5,41)42/h6-10,16,18,25-26,28,37-38H,11-15,17H2,1-5H3,(H,36,40)/t18?,25-,26+,28+,31?,32+/m1/s1. The van der Waals surface area contributed by atoms with Gasteiger partial charge in [0.05, 0.1) is 17.3 Å². The van der Waals surface area contributed by atoms with Crippen LogP contribution in [-0.4, -0.2) is 44.0 Å². The number of ketones is 1. The molecule has 1 amide bonds. The zero-order chi connectivity index (χ0) is 31.5. The maximum atomic E-state index is 16.0. The molecule has 7 nitrogen and oxygen atoms in total. The van der Waals surface area contributed by atoms with Crippen LogP contribution >= 0.6 is 23.2 Å². The van der Waals surface area contributed by atoms with E-state index in [0.717, 1.165) is 6.26 Å². The fraction of sp³-hybridized carbons (Fsp3) is 0.562. The summed E-state index contributed by atoms with van der Waals surface area (Å²) in [6, 6.07) is 8.63. The maximum Gasteiger partial charge on any atom is 0.237 e. The first-order valence-corrected chi connectivity index (χ1v) is 17.4. The molecule has 1 saturated carbocycles. The number of nitrogens with one attached hydrogen (secondary N) is 3. The van der Waals surface area contributed by atoms with Crippen molar-refractivity contribution in [1.29, 1.82) is 0 Å². The van der Waals surface area contributed by atoms with E-state index in [1.165, 1.54) is 6.07 Å². The van der Waals surface area contributed by atoms with E-state index in [1.54, 1.807) is 24.3 Å². The van der Waals surface area contributed by atoms with Crippen molar-refractivity contribution in [3.63, 3.8) is 0 Å². The highest BCUT2D eigenvalue weighted by molar-refractivity contribution is 7.88. The highest BCUT2D eigenvalue weighted by atomic mass is 35.5. The average molecular weight is 653 g/mol. The number of Topliss-reactive ketones (excluding diaryl/α,β-unsaturated/α-hetero) is 1. The van der Waals surface area contributed by atoms with Gasteiger partial charge in [0, 0.05) is 34.6 Å². The highest BCUT2D eigenvalue weighted by Crippen LogP contribution is 2.57. The van der Waals surface area contributed by atoms with Gasteiger partial charge in [0.15, 0.2) is 5.78 Å². The lowest BCUT2D eigenvalue weighted by Gasteiger charge is -2.38. The Bertz CT molecular complexity index is 1550. The van der Waals surface area contributed by atoms with Crippen LogP contribution in [0, 0.1) is 17.2 Å². The summed E-state index contributed by atoms with van der Waals surface area (Å²) in [7, 11) is -3.37. The molecule has 0 radical (unpaired) electrons. The van der Waals surface area contributed by atoms with Crippen molar-refractivity contribution in [2.75, 3.05) is 11.6 Å². The van der Waals surface area contributed by atoms with E-state index in [2.05, 4.69) is 36.1 Å². The molecule has 2 heterocycles. The first-order valence-electron chi connectivity index (χ1n) is 14.8. The number of anilines is 1. The molecule has 2 aliphatic heterocycles. The van der Waals surface area contributed by atoms with E-state index in [-0.39, 0.29) is 40.0 Å². The van der Waals surface area contributed by atoms with E-state index < -0.39 is 44.8 Å². The molecule has 2 fully saturated rings. The number of fused-ring (bicyclic) bond motifs is 2. The number of hydrogen-bond donors (Lipinski definition) is 3. The highest BCUT2D eigenvalue weighted by Gasteiger charge is 2.66. The van der Waals surface area contributed by atoms with Crippen molar-refractivity contribution in [1.82, 2.24) is 10.0 Å². The van der Waals surface area contributed by atoms with Gasteiger partial charge < -0.3 is 10.6 Å². The lowest BCUT2D eigenvalue weighted by Crippen LogP contribution is -2.49. The number of hydrogen-bond acceptors (Lipinski definition) is 5. The Morgan fingerprint density at radius 1 is 1.14 bits per heavy atom. The summed E-state index contributed by atoms with van der Waals surface area (Å²) in [5, 5.41) is 6.95. The SMILES string of the molecule is CC(C)(C)C[C@H]1N[C@@H](C(=O)CC2CCC(C)(NS(C)(=O)=O)CC2)[C@H](c2cccc(Cl)c2F)[C@@]12C(=O)Nc1cc(Cl)ccc12. The average Bonchev–Trinajstić information content (AvgIpc) is 3.35. The molecule has 11 heteroatoms. The smallest absolute Gasteiger partial charge is 0.237 e. The van der Waals surface area contributed by atoms with Gasteiger partial charge in [0.25, 0.3) is 0 Å². The zero-order valence-electron chi connectivity index (χ0n) is 25.2. The van der Waals surface area contributed by atoms with E-state index in [0.29, 0.717) is 48.4 Å². The van der Waals surface area contributed by atoms with E-state index in [9.17, 15) is 18.0 Å². The molecule has 3 N–H and O–H groups in total. The van der Waals surface area contributed by atoms with Crippen molar-refractivity contribution in [3.8, 4) is 0 Å². The Balaban J connectivity index is 1.56. The summed E-state index contributed by atoms with van der Waals surface area (Å²) < 4.78 is 42.5. The quantitative estimate of drug-likeness (QED) is 0.324. The lowest BCUT2D eigenvalue weighted by atomic mass is 9.62. The summed E-state index contributed by atoms with van der Waals surface area (Å²) in [6.45, 7) is 8.12. The molecule has 4 atom stereocenters. The first-order chi connectivity index (χ1) is 19.9. The summed E-state index contributed by atoms with van der Waals surface area (Å²) >= 11 is 12.6. The predicted molar refractivity (Wildman–Crippen MR) is 169 cm³/mol. The van der Waals surface area contributed by atoms with Gasteiger partial charge >= 0.3 is 0 Å². The Kier molecular flexibility index (Phi) is 8.57. The van der Waals surface area contributed by atoms with Crippen LogP contribution in [0.15, 0.2) is 36.4 Å². The normalized spacial score (nSPS) is 30.8. The van der Waals surface area contributed by atoms with Crippen LogP contribution in [0.5, 0.6) is 0 Å². The summed E-state index contributed by atoms with van der Waals surface area (Å²) in [4.78, 5) is 28.6.